The molecule has 0 saturated heterocycles. The number of phenolic OH excluding ortho intramolecular Hbond substituents is 3. The molecule has 0 aliphatic carbocycles. The van der Waals surface area contributed by atoms with Crippen LogP contribution in [0, 0.1) is 20.8 Å². The van der Waals surface area contributed by atoms with Crippen molar-refractivity contribution in [1.82, 2.24) is 15.0 Å². The Morgan fingerprint density at radius 1 is 0.389 bits per heavy atom. The van der Waals surface area contributed by atoms with Crippen molar-refractivity contribution in [2.75, 3.05) is 19.8 Å². The molecule has 15 heteroatoms. The molecule has 0 unspecified atom stereocenters. The van der Waals surface area contributed by atoms with E-state index in [1.165, 1.54) is 0 Å². The molecule has 0 radical (unpaired) electrons. The van der Waals surface area contributed by atoms with E-state index in [-0.39, 0.29) is 109 Å². The molecule has 6 aromatic carbocycles. The van der Waals surface area contributed by atoms with Gasteiger partial charge < -0.3 is 43.7 Å². The zero-order valence-corrected chi connectivity index (χ0v) is 41.1. The quantitative estimate of drug-likeness (QED) is 0.0452. The van der Waals surface area contributed by atoms with E-state index >= 15 is 0 Å². The highest BCUT2D eigenvalue weighted by Crippen LogP contribution is 2.44. The number of ether oxygens (including phenoxy) is 6. The van der Waals surface area contributed by atoms with Crippen molar-refractivity contribution in [2.24, 2.45) is 0 Å². The van der Waals surface area contributed by atoms with Crippen LogP contribution < -0.4 is 14.2 Å². The minimum absolute atomic E-state index is 0.101. The summed E-state index contributed by atoms with van der Waals surface area (Å²) in [4.78, 5) is 51.4. The molecule has 0 aliphatic heterocycles. The lowest BCUT2D eigenvalue weighted by molar-refractivity contribution is -0.144. The first kappa shape index (κ1) is 51.4. The topological polar surface area (TPSA) is 206 Å². The van der Waals surface area contributed by atoms with Crippen LogP contribution in [0.3, 0.4) is 0 Å². The minimum atomic E-state index is -0.331. The third-order valence-corrected chi connectivity index (χ3v) is 11.9. The smallest absolute Gasteiger partial charge is 0.306 e. The van der Waals surface area contributed by atoms with Gasteiger partial charge in [-0.3, -0.25) is 14.4 Å². The van der Waals surface area contributed by atoms with Crippen LogP contribution in [0.25, 0.3) is 34.2 Å². The standard InChI is InChI=1S/C57H57N3O12/c1-7-67-49(61)31-25-37-22-28-46(52(64)34(37)4)70-43-19-13-10-16-40(43)55-58-56(41-17-11-14-20-44(41)71-47-29-23-38(35(5)53(47)65)26-32-50(62)68-8-2)60-57(59-55)42-18-12-15-21-45(42)72-48-30-24-39(36(6)54(48)66)27-33-51(63)69-9-3/h10-24,28-30,64-66H,7-9,25-27,31-33H2,1-6H3. The number of aromatic hydroxyl groups is 3. The van der Waals surface area contributed by atoms with E-state index in [9.17, 15) is 29.7 Å². The van der Waals surface area contributed by atoms with Gasteiger partial charge in [0.1, 0.15) is 17.2 Å². The molecule has 0 amide bonds. The molecule has 7 rings (SSSR count). The Hall–Kier alpha value is -8.46. The van der Waals surface area contributed by atoms with Crippen LogP contribution in [0.15, 0.2) is 109 Å². The normalized spacial score (nSPS) is 10.9. The number of hydrogen-bond donors (Lipinski definition) is 3. The third-order valence-electron chi connectivity index (χ3n) is 11.9. The van der Waals surface area contributed by atoms with E-state index < -0.39 is 0 Å². The van der Waals surface area contributed by atoms with Gasteiger partial charge in [-0.25, -0.2) is 15.0 Å². The lowest BCUT2D eigenvalue weighted by Gasteiger charge is -2.17. The van der Waals surface area contributed by atoms with Crippen LogP contribution >= 0.6 is 0 Å². The fraction of sp³-hybridized carbons (Fsp3) is 0.263. The number of rotatable bonds is 21. The molecule has 0 aliphatic rings. The maximum atomic E-state index is 12.1. The van der Waals surface area contributed by atoms with Crippen molar-refractivity contribution in [1.29, 1.82) is 0 Å². The summed E-state index contributed by atoms with van der Waals surface area (Å²) in [5, 5.41) is 34.2. The van der Waals surface area contributed by atoms with Crippen LogP contribution in [0.2, 0.25) is 0 Å². The zero-order chi connectivity index (χ0) is 51.3. The van der Waals surface area contributed by atoms with Gasteiger partial charge in [0.15, 0.2) is 52.0 Å². The Morgan fingerprint density at radius 2 is 0.653 bits per heavy atom. The molecule has 7 aromatic rings. The van der Waals surface area contributed by atoms with E-state index in [0.717, 1.165) is 16.7 Å². The predicted octanol–water partition coefficient (Wildman–Crippen LogP) is 11.8. The van der Waals surface area contributed by atoms with Gasteiger partial charge in [-0.05, 0) is 149 Å². The van der Waals surface area contributed by atoms with Crippen LogP contribution in [0.1, 0.15) is 73.4 Å². The van der Waals surface area contributed by atoms with Crippen LogP contribution in [0.5, 0.6) is 51.7 Å². The molecule has 15 nitrogen and oxygen atoms in total. The predicted molar refractivity (Wildman–Crippen MR) is 270 cm³/mol. The Bertz CT molecular complexity index is 2760. The molecule has 372 valence electrons. The lowest BCUT2D eigenvalue weighted by Crippen LogP contribution is -2.06. The summed E-state index contributed by atoms with van der Waals surface area (Å²) < 4.78 is 34.6. The maximum Gasteiger partial charge on any atom is 0.306 e. The average Bonchev–Trinajstić information content (AvgIpc) is 3.38. The molecule has 1 aromatic heterocycles. The highest BCUT2D eigenvalue weighted by atomic mass is 16.5. The van der Waals surface area contributed by atoms with Crippen LogP contribution in [0.4, 0.5) is 0 Å². The second-order valence-corrected chi connectivity index (χ2v) is 16.6. The first-order valence-corrected chi connectivity index (χ1v) is 23.8. The Labute approximate surface area is 418 Å². The van der Waals surface area contributed by atoms with E-state index in [4.69, 9.17) is 43.4 Å². The van der Waals surface area contributed by atoms with Crippen molar-refractivity contribution in [2.45, 2.75) is 80.1 Å². The minimum Gasteiger partial charge on any atom is -0.504 e. The lowest BCUT2D eigenvalue weighted by atomic mass is 10.0. The summed E-state index contributed by atoms with van der Waals surface area (Å²) in [5.41, 5.74) is 5.22. The molecular weight excluding hydrogens is 919 g/mol. The SMILES string of the molecule is CCOC(=O)CCc1ccc(Oc2ccccc2-c2nc(-c3ccccc3Oc3ccc(CCC(=O)OCC)c(C)c3O)nc(-c3ccccc3Oc3ccc(CCC(=O)OCC)c(C)c3O)n2)c(O)c1C. The van der Waals surface area contributed by atoms with Crippen molar-refractivity contribution >= 4 is 17.9 Å². The fourth-order valence-corrected chi connectivity index (χ4v) is 7.93. The van der Waals surface area contributed by atoms with Crippen molar-refractivity contribution < 1.29 is 58.1 Å². The Balaban J connectivity index is 1.30. The number of carbonyl (C=O) groups excluding carboxylic acids is 3. The van der Waals surface area contributed by atoms with Gasteiger partial charge in [0.05, 0.1) is 36.5 Å². The van der Waals surface area contributed by atoms with Gasteiger partial charge in [-0.2, -0.15) is 0 Å². The van der Waals surface area contributed by atoms with Gasteiger partial charge >= 0.3 is 17.9 Å². The summed E-state index contributed by atoms with van der Waals surface area (Å²) >= 11 is 0. The molecule has 0 atom stereocenters. The number of esters is 3. The first-order valence-electron chi connectivity index (χ1n) is 23.8. The largest absolute Gasteiger partial charge is 0.504 e. The number of phenols is 3. The molecule has 0 saturated carbocycles. The molecule has 1 heterocycles. The van der Waals surface area contributed by atoms with E-state index in [0.29, 0.717) is 69.9 Å². The number of carbonyl (C=O) groups is 3. The third kappa shape index (κ3) is 12.3. The molecular formula is C57H57N3O12. The Kier molecular flexibility index (Phi) is 17.1. The first-order chi connectivity index (χ1) is 34.8. The van der Waals surface area contributed by atoms with Gasteiger partial charge in [0.25, 0.3) is 0 Å². The molecule has 0 fully saturated rings. The number of para-hydroxylation sites is 3. The second-order valence-electron chi connectivity index (χ2n) is 16.6. The van der Waals surface area contributed by atoms with Crippen molar-refractivity contribution in [3.63, 3.8) is 0 Å². The maximum absolute atomic E-state index is 12.1. The second kappa shape index (κ2) is 23.9. The summed E-state index contributed by atoms with van der Waals surface area (Å²) in [5.74, 6) is 0.617. The van der Waals surface area contributed by atoms with Crippen LogP contribution in [-0.2, 0) is 47.9 Å². The van der Waals surface area contributed by atoms with Crippen molar-refractivity contribution in [3.8, 4) is 85.9 Å². The highest BCUT2D eigenvalue weighted by molar-refractivity contribution is 5.76. The van der Waals surface area contributed by atoms with E-state index in [2.05, 4.69) is 0 Å². The van der Waals surface area contributed by atoms with Crippen LogP contribution in [-0.4, -0.2) is 68.0 Å². The number of hydrogen-bond acceptors (Lipinski definition) is 15. The van der Waals surface area contributed by atoms with E-state index in [1.54, 1.807) is 151 Å². The number of aryl methyl sites for hydroxylation is 3. The van der Waals surface area contributed by atoms with Gasteiger partial charge in [0, 0.05) is 19.3 Å². The monoisotopic (exact) mass is 975 g/mol. The molecule has 0 spiro atoms. The van der Waals surface area contributed by atoms with Crippen molar-refractivity contribution in [3.05, 3.63) is 143 Å². The van der Waals surface area contributed by atoms with Gasteiger partial charge in [-0.15, -0.1) is 0 Å². The summed E-state index contributed by atoms with van der Waals surface area (Å²) in [6.07, 6.45) is 1.56. The zero-order valence-electron chi connectivity index (χ0n) is 41.1. The highest BCUT2D eigenvalue weighted by Gasteiger charge is 2.23. The number of aromatic nitrogens is 3. The number of nitrogens with zero attached hydrogens (tertiary/aromatic N) is 3. The molecule has 0 bridgehead atoms. The van der Waals surface area contributed by atoms with E-state index in [1.807, 2.05) is 0 Å². The molecule has 3 N–H and O–H groups in total. The van der Waals surface area contributed by atoms with Gasteiger partial charge in [0.2, 0.25) is 0 Å². The summed E-state index contributed by atoms with van der Waals surface area (Å²) in [6, 6.07) is 31.5. The Morgan fingerprint density at radius 3 is 0.917 bits per heavy atom. The molecule has 72 heavy (non-hydrogen) atoms. The summed E-state index contributed by atoms with van der Waals surface area (Å²) in [6.45, 7) is 11.3. The fourth-order valence-electron chi connectivity index (χ4n) is 7.93. The number of benzene rings is 6. The van der Waals surface area contributed by atoms with Gasteiger partial charge in [-0.1, -0.05) is 54.6 Å². The summed E-state index contributed by atoms with van der Waals surface area (Å²) in [7, 11) is 0. The average molecular weight is 976 g/mol.